The highest BCUT2D eigenvalue weighted by molar-refractivity contribution is 5.79. The van der Waals surface area contributed by atoms with Gasteiger partial charge in [-0.05, 0) is 18.4 Å². The summed E-state index contributed by atoms with van der Waals surface area (Å²) in [6.07, 6.45) is -0.737. The molecule has 0 spiro atoms. The van der Waals surface area contributed by atoms with E-state index in [1.54, 1.807) is 13.8 Å². The van der Waals surface area contributed by atoms with Gasteiger partial charge in [0, 0.05) is 0 Å². The summed E-state index contributed by atoms with van der Waals surface area (Å²) in [4.78, 5) is 31.6. The minimum Gasteiger partial charge on any atom is -0.480 e. The molecular formula is C16H24N2O6. The molecule has 0 unspecified atom stereocenters. The molecule has 5 N–H and O–H groups in total. The summed E-state index contributed by atoms with van der Waals surface area (Å²) in [5.74, 6) is -2.01. The summed E-state index contributed by atoms with van der Waals surface area (Å²) in [6, 6.07) is 7.48. The zero-order chi connectivity index (χ0) is 18.7. The van der Waals surface area contributed by atoms with E-state index >= 15 is 0 Å². The summed E-state index contributed by atoms with van der Waals surface area (Å²) < 4.78 is 4.84. The molecule has 24 heavy (non-hydrogen) atoms. The minimum atomic E-state index is -1.10. The normalized spacial score (nSPS) is 12.4. The van der Waals surface area contributed by atoms with E-state index in [2.05, 4.69) is 5.32 Å². The minimum absolute atomic E-state index is 0.0208. The van der Waals surface area contributed by atoms with Crippen molar-refractivity contribution in [2.45, 2.75) is 39.5 Å². The zero-order valence-electron chi connectivity index (χ0n) is 13.9. The lowest BCUT2D eigenvalue weighted by molar-refractivity contribution is -0.140. The maximum atomic E-state index is 11.1. The van der Waals surface area contributed by atoms with E-state index in [-0.39, 0.29) is 12.5 Å². The number of benzene rings is 1. The van der Waals surface area contributed by atoms with Crippen LogP contribution in [0.1, 0.15) is 26.3 Å². The topological polar surface area (TPSA) is 139 Å². The van der Waals surface area contributed by atoms with Crippen LogP contribution in [-0.4, -0.2) is 40.3 Å². The van der Waals surface area contributed by atoms with Gasteiger partial charge in [0.15, 0.2) is 0 Å². The molecule has 2 atom stereocenters. The van der Waals surface area contributed by atoms with Crippen molar-refractivity contribution in [2.75, 3.05) is 0 Å². The van der Waals surface area contributed by atoms with Crippen LogP contribution in [0.15, 0.2) is 30.3 Å². The molecule has 134 valence electrons. The third-order valence-corrected chi connectivity index (χ3v) is 2.92. The Kier molecular flexibility index (Phi) is 9.81. The van der Waals surface area contributed by atoms with Crippen molar-refractivity contribution >= 4 is 18.0 Å². The van der Waals surface area contributed by atoms with Gasteiger partial charge in [-0.2, -0.15) is 0 Å². The van der Waals surface area contributed by atoms with Crippen LogP contribution in [-0.2, 0) is 20.9 Å². The molecular weight excluding hydrogens is 316 g/mol. The van der Waals surface area contributed by atoms with Crippen molar-refractivity contribution < 1.29 is 29.3 Å². The van der Waals surface area contributed by atoms with E-state index in [4.69, 9.17) is 20.7 Å². The molecule has 0 aliphatic rings. The molecule has 1 aromatic rings. The van der Waals surface area contributed by atoms with Crippen molar-refractivity contribution in [1.82, 2.24) is 5.32 Å². The SMILES string of the molecule is CC(C)[C@H](N)C(=O)O.C[C@H](NC(=O)OCc1ccccc1)C(=O)O. The second-order valence-electron chi connectivity index (χ2n) is 5.37. The summed E-state index contributed by atoms with van der Waals surface area (Å²) in [7, 11) is 0. The summed E-state index contributed by atoms with van der Waals surface area (Å²) in [5.41, 5.74) is 6.01. The van der Waals surface area contributed by atoms with Gasteiger partial charge in [-0.3, -0.25) is 9.59 Å². The van der Waals surface area contributed by atoms with E-state index in [9.17, 15) is 14.4 Å². The fourth-order valence-corrected chi connectivity index (χ4v) is 1.29. The predicted molar refractivity (Wildman–Crippen MR) is 87.3 cm³/mol. The number of carbonyl (C=O) groups is 3. The average Bonchev–Trinajstić information content (AvgIpc) is 2.53. The largest absolute Gasteiger partial charge is 0.480 e. The molecule has 8 nitrogen and oxygen atoms in total. The number of carboxylic acids is 2. The Morgan fingerprint density at radius 1 is 1.08 bits per heavy atom. The third kappa shape index (κ3) is 9.42. The Bertz CT molecular complexity index is 533. The number of ether oxygens (including phenoxy) is 1. The van der Waals surface area contributed by atoms with Crippen molar-refractivity contribution in [1.29, 1.82) is 0 Å². The predicted octanol–water partition coefficient (Wildman–Crippen LogP) is 1.44. The molecule has 0 aromatic heterocycles. The lowest BCUT2D eigenvalue weighted by atomic mass is 10.1. The standard InChI is InChI=1S/C11H13NO4.C5H11NO2/c1-8(10(13)14)12-11(15)16-7-9-5-3-2-4-6-9;1-3(2)4(6)5(7)8/h2-6,8H,7H2,1H3,(H,12,15)(H,13,14);3-4H,6H2,1-2H3,(H,7,8)/t8-;4-/m00/s1. The van der Waals surface area contributed by atoms with Gasteiger partial charge in [0.1, 0.15) is 18.7 Å². The molecule has 1 amide bonds. The highest BCUT2D eigenvalue weighted by Gasteiger charge is 2.15. The summed E-state index contributed by atoms with van der Waals surface area (Å²) in [6.45, 7) is 5.04. The van der Waals surface area contributed by atoms with E-state index in [1.807, 2.05) is 30.3 Å². The molecule has 0 saturated carbocycles. The molecule has 0 saturated heterocycles. The second-order valence-corrected chi connectivity index (χ2v) is 5.37. The molecule has 1 rings (SSSR count). The molecule has 0 radical (unpaired) electrons. The van der Waals surface area contributed by atoms with Gasteiger partial charge in [0.25, 0.3) is 0 Å². The van der Waals surface area contributed by atoms with Crippen LogP contribution in [0.5, 0.6) is 0 Å². The van der Waals surface area contributed by atoms with E-state index < -0.39 is 30.1 Å². The van der Waals surface area contributed by atoms with Gasteiger partial charge in [0.2, 0.25) is 0 Å². The molecule has 0 heterocycles. The number of hydrogen-bond acceptors (Lipinski definition) is 5. The first-order valence-electron chi connectivity index (χ1n) is 7.33. The van der Waals surface area contributed by atoms with Crippen LogP contribution < -0.4 is 11.1 Å². The average molecular weight is 340 g/mol. The highest BCUT2D eigenvalue weighted by Crippen LogP contribution is 2.00. The van der Waals surface area contributed by atoms with Gasteiger partial charge in [0.05, 0.1) is 0 Å². The maximum absolute atomic E-state index is 11.1. The van der Waals surface area contributed by atoms with Crippen LogP contribution in [0.25, 0.3) is 0 Å². The Balaban J connectivity index is 0.000000561. The molecule has 8 heteroatoms. The molecule has 0 fully saturated rings. The lowest BCUT2D eigenvalue weighted by Crippen LogP contribution is -2.38. The first-order chi connectivity index (χ1) is 11.1. The number of aliphatic carboxylic acids is 2. The third-order valence-electron chi connectivity index (χ3n) is 2.92. The molecule has 0 bridgehead atoms. The van der Waals surface area contributed by atoms with Crippen LogP contribution in [0.2, 0.25) is 0 Å². The van der Waals surface area contributed by atoms with Gasteiger partial charge >= 0.3 is 18.0 Å². The smallest absolute Gasteiger partial charge is 0.408 e. The van der Waals surface area contributed by atoms with E-state index in [0.29, 0.717) is 0 Å². The van der Waals surface area contributed by atoms with Crippen LogP contribution in [0.4, 0.5) is 4.79 Å². The summed E-state index contributed by atoms with van der Waals surface area (Å²) in [5, 5.41) is 19.0. The fraction of sp³-hybridized carbons (Fsp3) is 0.438. The van der Waals surface area contributed by atoms with Gasteiger partial charge in [-0.15, -0.1) is 0 Å². The maximum Gasteiger partial charge on any atom is 0.408 e. The van der Waals surface area contributed by atoms with Crippen molar-refractivity contribution in [2.24, 2.45) is 11.7 Å². The first kappa shape index (κ1) is 21.4. The molecule has 1 aromatic carbocycles. The number of nitrogens with one attached hydrogen (secondary N) is 1. The van der Waals surface area contributed by atoms with Crippen molar-refractivity contribution in [3.8, 4) is 0 Å². The molecule has 0 aliphatic carbocycles. The van der Waals surface area contributed by atoms with Crippen LogP contribution >= 0.6 is 0 Å². The number of alkyl carbamates (subject to hydrolysis) is 1. The quantitative estimate of drug-likeness (QED) is 0.614. The van der Waals surface area contributed by atoms with E-state index in [0.717, 1.165) is 5.56 Å². The lowest BCUT2D eigenvalue weighted by Gasteiger charge is -2.09. The Morgan fingerprint density at radius 2 is 1.62 bits per heavy atom. The fourth-order valence-electron chi connectivity index (χ4n) is 1.29. The number of rotatable bonds is 6. The van der Waals surface area contributed by atoms with Crippen molar-refractivity contribution in [3.63, 3.8) is 0 Å². The number of hydrogen-bond donors (Lipinski definition) is 4. The zero-order valence-corrected chi connectivity index (χ0v) is 13.9. The number of carboxylic acid groups (broad SMARTS) is 2. The number of carbonyl (C=O) groups excluding carboxylic acids is 1. The Labute approximate surface area is 140 Å². The first-order valence-corrected chi connectivity index (χ1v) is 7.33. The number of nitrogens with two attached hydrogens (primary N) is 1. The molecule has 0 aliphatic heterocycles. The Hall–Kier alpha value is -2.61. The highest BCUT2D eigenvalue weighted by atomic mass is 16.5. The van der Waals surface area contributed by atoms with Crippen LogP contribution in [0, 0.1) is 5.92 Å². The van der Waals surface area contributed by atoms with Crippen molar-refractivity contribution in [3.05, 3.63) is 35.9 Å². The van der Waals surface area contributed by atoms with Gasteiger partial charge in [-0.1, -0.05) is 44.2 Å². The second kappa shape index (κ2) is 11.0. The van der Waals surface area contributed by atoms with Gasteiger partial charge in [-0.25, -0.2) is 4.79 Å². The Morgan fingerprint density at radius 3 is 2.00 bits per heavy atom. The van der Waals surface area contributed by atoms with E-state index in [1.165, 1.54) is 6.92 Å². The van der Waals surface area contributed by atoms with Crippen LogP contribution in [0.3, 0.4) is 0 Å². The van der Waals surface area contributed by atoms with Gasteiger partial charge < -0.3 is 26.0 Å². The summed E-state index contributed by atoms with van der Waals surface area (Å²) >= 11 is 0. The monoisotopic (exact) mass is 340 g/mol. The number of amides is 1.